The third-order valence-corrected chi connectivity index (χ3v) is 3.25. The van der Waals surface area contributed by atoms with Gasteiger partial charge in [-0.05, 0) is 24.6 Å². The van der Waals surface area contributed by atoms with Crippen LogP contribution in [0.4, 0.5) is 4.39 Å². The minimum absolute atomic E-state index is 0.0255. The van der Waals surface area contributed by atoms with Gasteiger partial charge in [0.1, 0.15) is 5.82 Å². The standard InChI is InChI=1S/C14H17ClFN3O2/c1-8(7-20-3)17-13(14-18-9(2)21-19-14)10-4-5-11(15)12(16)6-10/h4-6,8,13,17H,7H2,1-3H3/t8-,13+/m0/s1. The van der Waals surface area contributed by atoms with Crippen LogP contribution in [0.15, 0.2) is 22.7 Å². The Morgan fingerprint density at radius 3 is 2.81 bits per heavy atom. The molecular weight excluding hydrogens is 297 g/mol. The maximum atomic E-state index is 13.7. The van der Waals surface area contributed by atoms with E-state index in [4.69, 9.17) is 20.9 Å². The first kappa shape index (κ1) is 15.9. The fraction of sp³-hybridized carbons (Fsp3) is 0.429. The molecule has 0 spiro atoms. The molecule has 0 saturated heterocycles. The number of nitrogens with zero attached hydrogens (tertiary/aromatic N) is 2. The second kappa shape index (κ2) is 6.98. The Kier molecular flexibility index (Phi) is 5.27. The molecule has 1 aromatic carbocycles. The molecule has 5 nitrogen and oxygen atoms in total. The summed E-state index contributed by atoms with van der Waals surface area (Å²) in [6.45, 7) is 4.16. The number of methoxy groups -OCH3 is 1. The molecule has 0 saturated carbocycles. The molecule has 21 heavy (non-hydrogen) atoms. The van der Waals surface area contributed by atoms with Crippen LogP contribution in [-0.4, -0.2) is 29.9 Å². The van der Waals surface area contributed by atoms with Crippen LogP contribution in [0.1, 0.15) is 30.2 Å². The number of aromatic nitrogens is 2. The first-order valence-corrected chi connectivity index (χ1v) is 6.89. The summed E-state index contributed by atoms with van der Waals surface area (Å²) in [6.07, 6.45) is 0. The van der Waals surface area contributed by atoms with Crippen LogP contribution < -0.4 is 5.32 Å². The summed E-state index contributed by atoms with van der Waals surface area (Å²) in [6, 6.07) is 4.23. The van der Waals surface area contributed by atoms with E-state index in [1.807, 2.05) is 6.92 Å². The van der Waals surface area contributed by atoms with Crippen LogP contribution in [0.5, 0.6) is 0 Å². The Balaban J connectivity index is 2.32. The van der Waals surface area contributed by atoms with E-state index in [9.17, 15) is 4.39 Å². The lowest BCUT2D eigenvalue weighted by Gasteiger charge is -2.21. The van der Waals surface area contributed by atoms with Gasteiger partial charge in [-0.25, -0.2) is 4.39 Å². The Morgan fingerprint density at radius 2 is 2.24 bits per heavy atom. The summed E-state index contributed by atoms with van der Waals surface area (Å²) in [5.41, 5.74) is 0.667. The van der Waals surface area contributed by atoms with Crippen molar-refractivity contribution >= 4 is 11.6 Å². The zero-order chi connectivity index (χ0) is 15.4. The molecule has 0 fully saturated rings. The topological polar surface area (TPSA) is 60.2 Å². The largest absolute Gasteiger partial charge is 0.383 e. The van der Waals surface area contributed by atoms with E-state index in [0.717, 1.165) is 0 Å². The number of hydrogen-bond donors (Lipinski definition) is 1. The molecule has 0 aliphatic rings. The highest BCUT2D eigenvalue weighted by Crippen LogP contribution is 2.24. The van der Waals surface area contributed by atoms with Crippen LogP contribution in [0.2, 0.25) is 5.02 Å². The van der Waals surface area contributed by atoms with E-state index in [1.165, 1.54) is 12.1 Å². The van der Waals surface area contributed by atoms with Crippen molar-refractivity contribution in [2.24, 2.45) is 0 Å². The van der Waals surface area contributed by atoms with Crippen molar-refractivity contribution in [1.82, 2.24) is 15.5 Å². The Labute approximate surface area is 127 Å². The summed E-state index contributed by atoms with van der Waals surface area (Å²) in [4.78, 5) is 4.22. The second-order valence-electron chi connectivity index (χ2n) is 4.80. The molecule has 0 bridgehead atoms. The normalized spacial score (nSPS) is 14.1. The highest BCUT2D eigenvalue weighted by atomic mass is 35.5. The van der Waals surface area contributed by atoms with Crippen molar-refractivity contribution in [3.8, 4) is 0 Å². The molecule has 1 N–H and O–H groups in total. The number of hydrogen-bond acceptors (Lipinski definition) is 5. The molecule has 2 aromatic rings. The van der Waals surface area contributed by atoms with Crippen molar-refractivity contribution < 1.29 is 13.7 Å². The monoisotopic (exact) mass is 313 g/mol. The van der Waals surface area contributed by atoms with Crippen LogP contribution in [-0.2, 0) is 4.74 Å². The quantitative estimate of drug-likeness (QED) is 0.888. The highest BCUT2D eigenvalue weighted by Gasteiger charge is 2.22. The molecule has 0 amide bonds. The average molecular weight is 314 g/mol. The molecule has 1 aromatic heterocycles. The molecule has 0 radical (unpaired) electrons. The van der Waals surface area contributed by atoms with Gasteiger partial charge in [-0.15, -0.1) is 0 Å². The van der Waals surface area contributed by atoms with Crippen molar-refractivity contribution in [3.05, 3.63) is 46.3 Å². The highest BCUT2D eigenvalue weighted by molar-refractivity contribution is 6.30. The van der Waals surface area contributed by atoms with E-state index >= 15 is 0 Å². The number of halogens is 2. The molecule has 0 aliphatic carbocycles. The zero-order valence-electron chi connectivity index (χ0n) is 12.1. The molecule has 2 rings (SSSR count). The summed E-state index contributed by atoms with van der Waals surface area (Å²) >= 11 is 5.73. The van der Waals surface area contributed by atoms with Crippen LogP contribution in [0.3, 0.4) is 0 Å². The molecule has 7 heteroatoms. The smallest absolute Gasteiger partial charge is 0.223 e. The lowest BCUT2D eigenvalue weighted by Crippen LogP contribution is -2.35. The van der Waals surface area contributed by atoms with Gasteiger partial charge in [0, 0.05) is 20.1 Å². The SMILES string of the molecule is COC[C@H](C)N[C@H](c1ccc(Cl)c(F)c1)c1noc(C)n1. The number of ether oxygens (including phenoxy) is 1. The molecule has 2 atom stereocenters. The van der Waals surface area contributed by atoms with E-state index in [1.54, 1.807) is 20.1 Å². The molecule has 1 heterocycles. The summed E-state index contributed by atoms with van der Waals surface area (Å²) in [5, 5.41) is 7.28. The minimum Gasteiger partial charge on any atom is -0.383 e. The summed E-state index contributed by atoms with van der Waals surface area (Å²) in [5.74, 6) is 0.406. The van der Waals surface area contributed by atoms with Crippen molar-refractivity contribution in [1.29, 1.82) is 0 Å². The van der Waals surface area contributed by atoms with Gasteiger partial charge in [-0.3, -0.25) is 5.32 Å². The fourth-order valence-electron chi connectivity index (χ4n) is 2.03. The number of nitrogens with one attached hydrogen (secondary N) is 1. The maximum Gasteiger partial charge on any atom is 0.223 e. The van der Waals surface area contributed by atoms with Crippen LogP contribution in [0, 0.1) is 12.7 Å². The fourth-order valence-corrected chi connectivity index (χ4v) is 2.14. The molecule has 0 aliphatic heterocycles. The van der Waals surface area contributed by atoms with Crippen LogP contribution in [0.25, 0.3) is 0 Å². The van der Waals surface area contributed by atoms with E-state index in [0.29, 0.717) is 23.9 Å². The maximum absolute atomic E-state index is 13.7. The van der Waals surface area contributed by atoms with Gasteiger partial charge in [-0.1, -0.05) is 22.8 Å². The van der Waals surface area contributed by atoms with Gasteiger partial charge in [0.05, 0.1) is 17.7 Å². The van der Waals surface area contributed by atoms with E-state index in [-0.39, 0.29) is 11.1 Å². The van der Waals surface area contributed by atoms with Crippen molar-refractivity contribution in [3.63, 3.8) is 0 Å². The third-order valence-electron chi connectivity index (χ3n) is 2.95. The Hall–Kier alpha value is -1.50. The van der Waals surface area contributed by atoms with Gasteiger partial charge in [0.25, 0.3) is 0 Å². The van der Waals surface area contributed by atoms with Gasteiger partial charge in [0.15, 0.2) is 5.82 Å². The van der Waals surface area contributed by atoms with Gasteiger partial charge >= 0.3 is 0 Å². The number of rotatable bonds is 6. The lowest BCUT2D eigenvalue weighted by molar-refractivity contribution is 0.168. The summed E-state index contributed by atoms with van der Waals surface area (Å²) < 4.78 is 23.8. The molecular formula is C14H17ClFN3O2. The molecule has 114 valence electrons. The minimum atomic E-state index is -0.486. The van der Waals surface area contributed by atoms with Gasteiger partial charge in [0.2, 0.25) is 5.89 Å². The predicted octanol–water partition coefficient (Wildman–Crippen LogP) is 2.88. The second-order valence-corrected chi connectivity index (χ2v) is 5.21. The lowest BCUT2D eigenvalue weighted by atomic mass is 10.1. The summed E-state index contributed by atoms with van der Waals surface area (Å²) in [7, 11) is 1.62. The van der Waals surface area contributed by atoms with Crippen molar-refractivity contribution in [2.75, 3.05) is 13.7 Å². The van der Waals surface area contributed by atoms with Gasteiger partial charge < -0.3 is 9.26 Å². The molecule has 0 unspecified atom stereocenters. The predicted molar refractivity (Wildman–Crippen MR) is 76.8 cm³/mol. The first-order valence-electron chi connectivity index (χ1n) is 6.51. The number of aryl methyl sites for hydroxylation is 1. The average Bonchev–Trinajstić information content (AvgIpc) is 2.86. The zero-order valence-corrected chi connectivity index (χ0v) is 12.8. The Bertz CT molecular complexity index is 606. The van der Waals surface area contributed by atoms with E-state index < -0.39 is 11.9 Å². The first-order chi connectivity index (χ1) is 10.0. The van der Waals surface area contributed by atoms with Crippen LogP contribution >= 0.6 is 11.6 Å². The van der Waals surface area contributed by atoms with Gasteiger partial charge in [-0.2, -0.15) is 4.98 Å². The number of benzene rings is 1. The Morgan fingerprint density at radius 1 is 1.48 bits per heavy atom. The van der Waals surface area contributed by atoms with Crippen molar-refractivity contribution in [2.45, 2.75) is 25.9 Å². The van der Waals surface area contributed by atoms with E-state index in [2.05, 4.69) is 15.5 Å². The third kappa shape index (κ3) is 4.00.